The number of esters is 1. The monoisotopic (exact) mass is 363 g/mol. The minimum Gasteiger partial charge on any atom is -0.465 e. The van der Waals surface area contributed by atoms with Crippen molar-refractivity contribution in [2.75, 3.05) is 12.4 Å². The molecule has 0 aliphatic carbocycles. The Kier molecular flexibility index (Phi) is 5.41. The molecule has 7 heteroatoms. The van der Waals surface area contributed by atoms with Crippen molar-refractivity contribution in [1.29, 1.82) is 0 Å². The van der Waals surface area contributed by atoms with Crippen molar-refractivity contribution in [2.45, 2.75) is 6.54 Å². The number of nitrogens with one attached hydrogen (secondary N) is 1. The van der Waals surface area contributed by atoms with Crippen LogP contribution in [0, 0.1) is 0 Å². The maximum Gasteiger partial charge on any atom is 0.337 e. The number of carbonyl (C=O) groups is 2. The molecule has 7 nitrogen and oxygen atoms in total. The highest BCUT2D eigenvalue weighted by Crippen LogP contribution is 2.12. The van der Waals surface area contributed by atoms with Crippen LogP contribution >= 0.6 is 0 Å². The fourth-order valence-corrected chi connectivity index (χ4v) is 2.48. The van der Waals surface area contributed by atoms with Crippen LogP contribution in [0.15, 0.2) is 71.5 Å². The number of hydrogen-bond acceptors (Lipinski definition) is 5. The summed E-state index contributed by atoms with van der Waals surface area (Å²) in [5.74, 6) is -0.987. The maximum atomic E-state index is 12.5. The van der Waals surface area contributed by atoms with E-state index >= 15 is 0 Å². The molecule has 1 amide bonds. The molecule has 3 aromatic rings. The third-order valence-corrected chi connectivity index (χ3v) is 3.82. The smallest absolute Gasteiger partial charge is 0.337 e. The zero-order chi connectivity index (χ0) is 19.2. The van der Waals surface area contributed by atoms with Gasteiger partial charge in [-0.2, -0.15) is 5.10 Å². The first-order valence-electron chi connectivity index (χ1n) is 8.18. The molecule has 3 rings (SSSR count). The Morgan fingerprint density at radius 2 is 1.81 bits per heavy atom. The number of carbonyl (C=O) groups excluding carboxylic acids is 2. The molecule has 136 valence electrons. The van der Waals surface area contributed by atoms with Gasteiger partial charge in [0.2, 0.25) is 0 Å². The van der Waals surface area contributed by atoms with Gasteiger partial charge in [0.1, 0.15) is 5.69 Å². The van der Waals surface area contributed by atoms with Gasteiger partial charge in [0.05, 0.1) is 19.2 Å². The number of methoxy groups -OCH3 is 1. The van der Waals surface area contributed by atoms with Crippen LogP contribution in [0.25, 0.3) is 0 Å². The summed E-state index contributed by atoms with van der Waals surface area (Å²) in [6, 6.07) is 18.4. The van der Waals surface area contributed by atoms with Gasteiger partial charge in [-0.15, -0.1) is 0 Å². The molecule has 0 saturated heterocycles. The minimum atomic E-state index is -0.499. The Labute approximate surface area is 155 Å². The lowest BCUT2D eigenvalue weighted by molar-refractivity contribution is 0.0600. The Morgan fingerprint density at radius 3 is 2.56 bits per heavy atom. The number of ether oxygens (including phenoxy) is 1. The van der Waals surface area contributed by atoms with Gasteiger partial charge in [0.15, 0.2) is 0 Å². The molecule has 27 heavy (non-hydrogen) atoms. The summed E-state index contributed by atoms with van der Waals surface area (Å²) in [7, 11) is 1.29. The average Bonchev–Trinajstić information content (AvgIpc) is 2.70. The Bertz CT molecular complexity index is 1030. The summed E-state index contributed by atoms with van der Waals surface area (Å²) in [6.07, 6.45) is 0. The van der Waals surface area contributed by atoms with Gasteiger partial charge >= 0.3 is 5.97 Å². The van der Waals surface area contributed by atoms with Crippen molar-refractivity contribution in [3.05, 3.63) is 93.9 Å². The molecule has 2 aromatic carbocycles. The van der Waals surface area contributed by atoms with Crippen LogP contribution in [0.2, 0.25) is 0 Å². The Balaban J connectivity index is 1.80. The summed E-state index contributed by atoms with van der Waals surface area (Å²) < 4.78 is 5.90. The van der Waals surface area contributed by atoms with Crippen LogP contribution in [-0.2, 0) is 11.3 Å². The number of nitrogens with zero attached hydrogens (tertiary/aromatic N) is 2. The SMILES string of the molecule is COC(=O)c1cccc(NC(=O)c2ccc(=O)n(Cc3ccccc3)n2)c1. The number of hydrogen-bond donors (Lipinski definition) is 1. The molecule has 0 atom stereocenters. The second-order valence-corrected chi connectivity index (χ2v) is 5.73. The first-order chi connectivity index (χ1) is 13.1. The fraction of sp³-hybridized carbons (Fsp3) is 0.100. The van der Waals surface area contributed by atoms with Crippen molar-refractivity contribution in [2.24, 2.45) is 0 Å². The number of rotatable bonds is 5. The highest BCUT2D eigenvalue weighted by Gasteiger charge is 2.12. The van der Waals surface area contributed by atoms with E-state index in [2.05, 4.69) is 15.2 Å². The highest BCUT2D eigenvalue weighted by atomic mass is 16.5. The fourth-order valence-electron chi connectivity index (χ4n) is 2.48. The minimum absolute atomic E-state index is 0.0917. The molecule has 0 saturated carbocycles. The van der Waals surface area contributed by atoms with Gasteiger partial charge < -0.3 is 10.1 Å². The molecule has 0 spiro atoms. The van der Waals surface area contributed by atoms with E-state index in [0.717, 1.165) is 5.56 Å². The zero-order valence-corrected chi connectivity index (χ0v) is 14.6. The standard InChI is InChI=1S/C20H17N3O4/c1-27-20(26)15-8-5-9-16(12-15)21-19(25)17-10-11-18(24)23(22-17)13-14-6-3-2-4-7-14/h2-12H,13H2,1H3,(H,21,25). The van der Waals surface area contributed by atoms with Crippen LogP contribution in [0.4, 0.5) is 5.69 Å². The molecule has 0 aliphatic heterocycles. The van der Waals surface area contributed by atoms with Gasteiger partial charge in [-0.1, -0.05) is 36.4 Å². The van der Waals surface area contributed by atoms with Gasteiger partial charge in [-0.25, -0.2) is 9.48 Å². The summed E-state index contributed by atoms with van der Waals surface area (Å²) in [6.45, 7) is 0.263. The first kappa shape index (κ1) is 18.1. The largest absolute Gasteiger partial charge is 0.465 e. The van der Waals surface area contributed by atoms with E-state index in [1.807, 2.05) is 30.3 Å². The predicted octanol–water partition coefficient (Wildman–Crippen LogP) is 2.33. The van der Waals surface area contributed by atoms with Gasteiger partial charge in [0.25, 0.3) is 11.5 Å². The zero-order valence-electron chi connectivity index (χ0n) is 14.6. The summed E-state index contributed by atoms with van der Waals surface area (Å²) in [4.78, 5) is 36.1. The topological polar surface area (TPSA) is 90.3 Å². The van der Waals surface area contributed by atoms with Crippen molar-refractivity contribution in [3.8, 4) is 0 Å². The first-order valence-corrected chi connectivity index (χ1v) is 8.18. The normalized spacial score (nSPS) is 10.3. The number of amides is 1. The maximum absolute atomic E-state index is 12.5. The Hall–Kier alpha value is -3.74. The van der Waals surface area contributed by atoms with Crippen molar-refractivity contribution < 1.29 is 14.3 Å². The Morgan fingerprint density at radius 1 is 1.04 bits per heavy atom. The molecule has 1 aromatic heterocycles. The van der Waals surface area contributed by atoms with E-state index in [-0.39, 0.29) is 17.8 Å². The second-order valence-electron chi connectivity index (χ2n) is 5.73. The van der Waals surface area contributed by atoms with Gasteiger partial charge in [-0.3, -0.25) is 9.59 Å². The van der Waals surface area contributed by atoms with E-state index in [4.69, 9.17) is 0 Å². The van der Waals surface area contributed by atoms with Gasteiger partial charge in [-0.05, 0) is 29.8 Å². The molecular weight excluding hydrogens is 346 g/mol. The lowest BCUT2D eigenvalue weighted by Crippen LogP contribution is -2.26. The van der Waals surface area contributed by atoms with E-state index in [0.29, 0.717) is 11.3 Å². The van der Waals surface area contributed by atoms with Gasteiger partial charge in [0, 0.05) is 11.8 Å². The molecular formula is C20H17N3O4. The van der Waals surface area contributed by atoms with Crippen molar-refractivity contribution in [3.63, 3.8) is 0 Å². The summed E-state index contributed by atoms with van der Waals surface area (Å²) in [5.41, 5.74) is 1.43. The molecule has 0 unspecified atom stereocenters. The molecule has 0 fully saturated rings. The average molecular weight is 363 g/mol. The predicted molar refractivity (Wildman–Crippen MR) is 99.8 cm³/mol. The van der Waals surface area contributed by atoms with E-state index in [1.165, 1.54) is 30.0 Å². The second kappa shape index (κ2) is 8.09. The van der Waals surface area contributed by atoms with Crippen molar-refractivity contribution in [1.82, 2.24) is 9.78 Å². The molecule has 1 N–H and O–H groups in total. The van der Waals surface area contributed by atoms with Crippen LogP contribution < -0.4 is 10.9 Å². The number of aromatic nitrogens is 2. The van der Waals surface area contributed by atoms with Crippen molar-refractivity contribution >= 4 is 17.6 Å². The molecule has 0 bridgehead atoms. The van der Waals surface area contributed by atoms with E-state index < -0.39 is 11.9 Å². The van der Waals surface area contributed by atoms with E-state index in [1.54, 1.807) is 18.2 Å². The highest BCUT2D eigenvalue weighted by molar-refractivity contribution is 6.03. The molecule has 0 aliphatic rings. The molecule has 0 radical (unpaired) electrons. The van der Waals surface area contributed by atoms with Crippen LogP contribution in [0.5, 0.6) is 0 Å². The van der Waals surface area contributed by atoms with Crippen LogP contribution in [-0.4, -0.2) is 28.8 Å². The molecule has 1 heterocycles. The lowest BCUT2D eigenvalue weighted by Gasteiger charge is -2.09. The number of benzene rings is 2. The third kappa shape index (κ3) is 4.46. The lowest BCUT2D eigenvalue weighted by atomic mass is 10.2. The third-order valence-electron chi connectivity index (χ3n) is 3.82. The van der Waals surface area contributed by atoms with Crippen LogP contribution in [0.1, 0.15) is 26.4 Å². The summed E-state index contributed by atoms with van der Waals surface area (Å²) in [5, 5.41) is 6.80. The van der Waals surface area contributed by atoms with Crippen LogP contribution in [0.3, 0.4) is 0 Å². The van der Waals surface area contributed by atoms with E-state index in [9.17, 15) is 14.4 Å². The number of anilines is 1. The summed E-state index contributed by atoms with van der Waals surface area (Å²) >= 11 is 0. The quantitative estimate of drug-likeness (QED) is 0.703.